The number of nitrogens with zero attached hydrogens (tertiary/aromatic N) is 1. The molecule has 0 saturated heterocycles. The minimum Gasteiger partial charge on any atom is -0.481 e. The molecule has 0 amide bonds. The van der Waals surface area contributed by atoms with Crippen LogP contribution in [0, 0.1) is 0 Å². The largest absolute Gasteiger partial charge is 0.481 e. The number of aliphatic hydroxyl groups excluding tert-OH is 1. The first-order valence-corrected chi connectivity index (χ1v) is 5.79. The minimum absolute atomic E-state index is 0.0210. The summed E-state index contributed by atoms with van der Waals surface area (Å²) in [6, 6.07) is 7.39. The molecule has 0 spiro atoms. The highest BCUT2D eigenvalue weighted by Crippen LogP contribution is 2.11. The standard InChI is InChI=1S/C12H16ClNO3/c13-11-3-1-10(2-4-11)9-14(7-8-15)6-5-12(16)17/h1-4,15H,5-9H2,(H,16,17). The Kier molecular flexibility index (Phi) is 5.97. The van der Waals surface area contributed by atoms with E-state index in [4.69, 9.17) is 21.8 Å². The highest BCUT2D eigenvalue weighted by Gasteiger charge is 2.07. The van der Waals surface area contributed by atoms with E-state index >= 15 is 0 Å². The quantitative estimate of drug-likeness (QED) is 0.779. The summed E-state index contributed by atoms with van der Waals surface area (Å²) >= 11 is 5.78. The first-order valence-electron chi connectivity index (χ1n) is 5.41. The van der Waals surface area contributed by atoms with Gasteiger partial charge in [0.1, 0.15) is 0 Å². The zero-order chi connectivity index (χ0) is 12.7. The van der Waals surface area contributed by atoms with Crippen LogP contribution >= 0.6 is 11.6 Å². The van der Waals surface area contributed by atoms with Gasteiger partial charge in [0.2, 0.25) is 0 Å². The second-order valence-electron chi connectivity index (χ2n) is 3.77. The Balaban J connectivity index is 2.53. The van der Waals surface area contributed by atoms with Crippen LogP contribution in [-0.2, 0) is 11.3 Å². The number of rotatable bonds is 7. The predicted molar refractivity (Wildman–Crippen MR) is 66.1 cm³/mol. The number of hydrogen-bond donors (Lipinski definition) is 2. The zero-order valence-electron chi connectivity index (χ0n) is 9.47. The Hall–Kier alpha value is -1.10. The van der Waals surface area contributed by atoms with E-state index in [0.29, 0.717) is 24.7 Å². The molecule has 0 aliphatic carbocycles. The van der Waals surface area contributed by atoms with Gasteiger partial charge in [-0.05, 0) is 17.7 Å². The molecule has 0 radical (unpaired) electrons. The summed E-state index contributed by atoms with van der Waals surface area (Å²) in [5, 5.41) is 18.2. The van der Waals surface area contributed by atoms with Crippen LogP contribution in [-0.4, -0.2) is 40.8 Å². The van der Waals surface area contributed by atoms with Crippen molar-refractivity contribution >= 4 is 17.6 Å². The topological polar surface area (TPSA) is 60.8 Å². The molecule has 1 rings (SSSR count). The number of aliphatic hydroxyl groups is 1. The van der Waals surface area contributed by atoms with Crippen molar-refractivity contribution in [1.82, 2.24) is 4.90 Å². The van der Waals surface area contributed by atoms with Crippen molar-refractivity contribution < 1.29 is 15.0 Å². The molecule has 2 N–H and O–H groups in total. The van der Waals surface area contributed by atoms with Crippen molar-refractivity contribution in [3.05, 3.63) is 34.9 Å². The summed E-state index contributed by atoms with van der Waals surface area (Å²) in [7, 11) is 0. The lowest BCUT2D eigenvalue weighted by atomic mass is 10.2. The van der Waals surface area contributed by atoms with Gasteiger partial charge >= 0.3 is 5.97 Å². The molecule has 0 atom stereocenters. The molecule has 1 aromatic carbocycles. The van der Waals surface area contributed by atoms with Gasteiger partial charge < -0.3 is 10.2 Å². The highest BCUT2D eigenvalue weighted by atomic mass is 35.5. The van der Waals surface area contributed by atoms with Gasteiger partial charge in [-0.3, -0.25) is 9.69 Å². The molecular weight excluding hydrogens is 242 g/mol. The first-order chi connectivity index (χ1) is 8.11. The molecule has 4 nitrogen and oxygen atoms in total. The summed E-state index contributed by atoms with van der Waals surface area (Å²) in [5.74, 6) is -0.830. The van der Waals surface area contributed by atoms with E-state index in [-0.39, 0.29) is 13.0 Å². The van der Waals surface area contributed by atoms with Crippen molar-refractivity contribution in [2.75, 3.05) is 19.7 Å². The van der Waals surface area contributed by atoms with Crippen LogP contribution < -0.4 is 0 Å². The maximum atomic E-state index is 10.5. The molecular formula is C12H16ClNO3. The van der Waals surface area contributed by atoms with E-state index in [1.54, 1.807) is 12.1 Å². The number of carboxylic acids is 1. The molecule has 17 heavy (non-hydrogen) atoms. The van der Waals surface area contributed by atoms with Crippen molar-refractivity contribution in [2.24, 2.45) is 0 Å². The monoisotopic (exact) mass is 257 g/mol. The van der Waals surface area contributed by atoms with E-state index < -0.39 is 5.97 Å². The molecule has 1 aromatic rings. The fourth-order valence-electron chi connectivity index (χ4n) is 1.51. The zero-order valence-corrected chi connectivity index (χ0v) is 10.2. The van der Waals surface area contributed by atoms with Crippen molar-refractivity contribution in [2.45, 2.75) is 13.0 Å². The Morgan fingerprint density at radius 1 is 1.24 bits per heavy atom. The second-order valence-corrected chi connectivity index (χ2v) is 4.21. The van der Waals surface area contributed by atoms with Crippen molar-refractivity contribution in [1.29, 1.82) is 0 Å². The van der Waals surface area contributed by atoms with Gasteiger partial charge in [-0.25, -0.2) is 0 Å². The van der Waals surface area contributed by atoms with E-state index in [1.165, 1.54) is 0 Å². The maximum absolute atomic E-state index is 10.5. The van der Waals surface area contributed by atoms with Crippen LogP contribution in [0.25, 0.3) is 0 Å². The second kappa shape index (κ2) is 7.27. The van der Waals surface area contributed by atoms with Gasteiger partial charge in [0.25, 0.3) is 0 Å². The van der Waals surface area contributed by atoms with Crippen molar-refractivity contribution in [3.8, 4) is 0 Å². The Bertz CT molecular complexity index is 353. The third-order valence-corrected chi connectivity index (χ3v) is 2.63. The normalized spacial score (nSPS) is 10.8. The fourth-order valence-corrected chi connectivity index (χ4v) is 1.64. The number of aliphatic carboxylic acids is 1. The van der Waals surface area contributed by atoms with Crippen LogP contribution in [0.4, 0.5) is 0 Å². The van der Waals surface area contributed by atoms with E-state index in [2.05, 4.69) is 0 Å². The van der Waals surface area contributed by atoms with E-state index in [1.807, 2.05) is 17.0 Å². The lowest BCUT2D eigenvalue weighted by Crippen LogP contribution is -2.28. The molecule has 0 unspecified atom stereocenters. The smallest absolute Gasteiger partial charge is 0.304 e. The molecule has 5 heteroatoms. The summed E-state index contributed by atoms with van der Waals surface area (Å²) in [6.07, 6.45) is 0.0770. The summed E-state index contributed by atoms with van der Waals surface area (Å²) < 4.78 is 0. The predicted octanol–water partition coefficient (Wildman–Crippen LogP) is 1.61. The van der Waals surface area contributed by atoms with Crippen LogP contribution in [0.1, 0.15) is 12.0 Å². The minimum atomic E-state index is -0.830. The molecule has 0 aliphatic heterocycles. The summed E-state index contributed by atoms with van der Waals surface area (Å²) in [6.45, 7) is 1.53. The maximum Gasteiger partial charge on any atom is 0.304 e. The van der Waals surface area contributed by atoms with E-state index in [9.17, 15) is 4.79 Å². The van der Waals surface area contributed by atoms with Crippen molar-refractivity contribution in [3.63, 3.8) is 0 Å². The van der Waals surface area contributed by atoms with Gasteiger partial charge in [0.05, 0.1) is 13.0 Å². The lowest BCUT2D eigenvalue weighted by Gasteiger charge is -2.20. The molecule has 0 aliphatic rings. The average molecular weight is 258 g/mol. The van der Waals surface area contributed by atoms with Gasteiger partial charge in [0.15, 0.2) is 0 Å². The van der Waals surface area contributed by atoms with Crippen LogP contribution in [0.5, 0.6) is 0 Å². The number of benzene rings is 1. The highest BCUT2D eigenvalue weighted by molar-refractivity contribution is 6.30. The molecule has 0 heterocycles. The SMILES string of the molecule is O=C(O)CCN(CCO)Cc1ccc(Cl)cc1. The summed E-state index contributed by atoms with van der Waals surface area (Å²) in [5.41, 5.74) is 1.05. The number of carboxylic acid groups (broad SMARTS) is 1. The van der Waals surface area contributed by atoms with Crippen LogP contribution in [0.15, 0.2) is 24.3 Å². The third-order valence-electron chi connectivity index (χ3n) is 2.38. The lowest BCUT2D eigenvalue weighted by molar-refractivity contribution is -0.137. The van der Waals surface area contributed by atoms with Crippen LogP contribution in [0.3, 0.4) is 0 Å². The molecule has 0 bridgehead atoms. The molecule has 0 saturated carbocycles. The Labute approximate surface area is 105 Å². The third kappa shape index (κ3) is 5.68. The number of halogens is 1. The number of hydrogen-bond acceptors (Lipinski definition) is 3. The Morgan fingerprint density at radius 2 is 1.88 bits per heavy atom. The van der Waals surface area contributed by atoms with Gasteiger partial charge in [-0.15, -0.1) is 0 Å². The fraction of sp³-hybridized carbons (Fsp3) is 0.417. The van der Waals surface area contributed by atoms with E-state index in [0.717, 1.165) is 5.56 Å². The number of carbonyl (C=O) groups is 1. The van der Waals surface area contributed by atoms with Gasteiger partial charge in [-0.2, -0.15) is 0 Å². The average Bonchev–Trinajstić information content (AvgIpc) is 2.29. The molecule has 0 fully saturated rings. The van der Waals surface area contributed by atoms with Gasteiger partial charge in [-0.1, -0.05) is 23.7 Å². The molecule has 0 aromatic heterocycles. The van der Waals surface area contributed by atoms with Gasteiger partial charge in [0, 0.05) is 24.7 Å². The summed E-state index contributed by atoms with van der Waals surface area (Å²) in [4.78, 5) is 12.4. The Morgan fingerprint density at radius 3 is 2.41 bits per heavy atom. The van der Waals surface area contributed by atoms with Crippen LogP contribution in [0.2, 0.25) is 5.02 Å². The first kappa shape index (κ1) is 14.0. The molecule has 94 valence electrons.